The first-order valence-corrected chi connectivity index (χ1v) is 7.82. The van der Waals surface area contributed by atoms with E-state index in [0.717, 1.165) is 23.0 Å². The predicted molar refractivity (Wildman–Crippen MR) is 75.4 cm³/mol. The number of rotatable bonds is 0. The number of hydrogen-bond acceptors (Lipinski definition) is 6. The van der Waals surface area contributed by atoms with Crippen LogP contribution in [-0.4, -0.2) is 26.4 Å². The van der Waals surface area contributed by atoms with Gasteiger partial charge >= 0.3 is 0 Å². The molecule has 0 saturated heterocycles. The Balaban J connectivity index is 0.000000117. The fourth-order valence-corrected chi connectivity index (χ4v) is 3.19. The zero-order valence-corrected chi connectivity index (χ0v) is 12.1. The smallest absolute Gasteiger partial charge is 0.174 e. The van der Waals surface area contributed by atoms with Gasteiger partial charge in [-0.05, 0) is 6.92 Å². The minimum Gasteiger partial charge on any atom is -0.485 e. The Labute approximate surface area is 119 Å². The highest BCUT2D eigenvalue weighted by Gasteiger charge is 2.14. The van der Waals surface area contributed by atoms with Crippen LogP contribution >= 0.6 is 22.7 Å². The van der Waals surface area contributed by atoms with Crippen LogP contribution in [-0.2, 0) is 0 Å². The Hall–Kier alpha value is -1.40. The number of fused-ring (bicyclic) bond motifs is 2. The molecule has 0 bridgehead atoms. The zero-order valence-electron chi connectivity index (χ0n) is 10.5. The van der Waals surface area contributed by atoms with E-state index in [-0.39, 0.29) is 0 Å². The lowest BCUT2D eigenvalue weighted by atomic mass is 10.4. The second-order valence-corrected chi connectivity index (χ2v) is 5.81. The Bertz CT molecular complexity index is 526. The highest BCUT2D eigenvalue weighted by molar-refractivity contribution is 7.10. The van der Waals surface area contributed by atoms with Gasteiger partial charge in [-0.25, -0.2) is 0 Å². The van der Waals surface area contributed by atoms with E-state index in [1.54, 1.807) is 22.7 Å². The third kappa shape index (κ3) is 2.79. The van der Waals surface area contributed by atoms with Gasteiger partial charge in [0.25, 0.3) is 0 Å². The lowest BCUT2D eigenvalue weighted by Gasteiger charge is -2.14. The summed E-state index contributed by atoms with van der Waals surface area (Å²) in [6.07, 6.45) is 0. The van der Waals surface area contributed by atoms with Gasteiger partial charge in [0.05, 0.1) is 0 Å². The van der Waals surface area contributed by atoms with E-state index in [0.29, 0.717) is 26.4 Å². The number of thiophene rings is 2. The van der Waals surface area contributed by atoms with Crippen molar-refractivity contribution in [3.8, 4) is 23.0 Å². The highest BCUT2D eigenvalue weighted by Crippen LogP contribution is 2.38. The van der Waals surface area contributed by atoms with Gasteiger partial charge in [0.15, 0.2) is 23.0 Å². The van der Waals surface area contributed by atoms with Crippen LogP contribution in [0.4, 0.5) is 0 Å². The number of aryl methyl sites for hydroxylation is 1. The fraction of sp³-hybridized carbons (Fsp3) is 0.385. The van der Waals surface area contributed by atoms with Gasteiger partial charge in [0.2, 0.25) is 0 Å². The van der Waals surface area contributed by atoms with Gasteiger partial charge < -0.3 is 18.9 Å². The Morgan fingerprint density at radius 1 is 0.789 bits per heavy atom. The van der Waals surface area contributed by atoms with Gasteiger partial charge in [-0.1, -0.05) is 0 Å². The molecular weight excluding hydrogens is 284 g/mol. The molecule has 4 rings (SSSR count). The summed E-state index contributed by atoms with van der Waals surface area (Å²) in [5, 5.41) is 5.90. The molecular formula is C13H14O4S2. The van der Waals surface area contributed by atoms with Gasteiger partial charge in [0, 0.05) is 21.0 Å². The van der Waals surface area contributed by atoms with E-state index in [9.17, 15) is 0 Å². The second-order valence-electron chi connectivity index (χ2n) is 3.98. The molecule has 0 unspecified atom stereocenters. The van der Waals surface area contributed by atoms with Crippen molar-refractivity contribution in [2.45, 2.75) is 6.92 Å². The maximum Gasteiger partial charge on any atom is 0.174 e. The molecule has 2 aliphatic heterocycles. The maximum atomic E-state index is 5.38. The van der Waals surface area contributed by atoms with Crippen molar-refractivity contribution in [2.24, 2.45) is 0 Å². The third-order valence-corrected chi connectivity index (χ3v) is 4.24. The van der Waals surface area contributed by atoms with Crippen LogP contribution in [0.2, 0.25) is 0 Å². The van der Waals surface area contributed by atoms with Crippen LogP contribution in [0.25, 0.3) is 0 Å². The van der Waals surface area contributed by atoms with Crippen molar-refractivity contribution in [2.75, 3.05) is 26.4 Å². The van der Waals surface area contributed by atoms with E-state index in [1.165, 1.54) is 4.88 Å². The summed E-state index contributed by atoms with van der Waals surface area (Å²) in [5.74, 6) is 3.64. The van der Waals surface area contributed by atoms with Gasteiger partial charge in [-0.2, -0.15) is 0 Å². The molecule has 102 valence electrons. The molecule has 2 aromatic heterocycles. The van der Waals surface area contributed by atoms with Gasteiger partial charge in [-0.15, -0.1) is 22.7 Å². The molecule has 4 nitrogen and oxygen atoms in total. The van der Waals surface area contributed by atoms with Crippen molar-refractivity contribution < 1.29 is 18.9 Å². The summed E-state index contributed by atoms with van der Waals surface area (Å²) < 4.78 is 21.2. The molecule has 19 heavy (non-hydrogen) atoms. The second kappa shape index (κ2) is 5.71. The summed E-state index contributed by atoms with van der Waals surface area (Å²) in [4.78, 5) is 1.20. The molecule has 0 N–H and O–H groups in total. The highest BCUT2D eigenvalue weighted by atomic mass is 32.1. The normalized spacial score (nSPS) is 15.4. The molecule has 0 spiro atoms. The topological polar surface area (TPSA) is 36.9 Å². The van der Waals surface area contributed by atoms with E-state index in [1.807, 2.05) is 23.1 Å². The SMILES string of the molecule is Cc1scc2c1OCCO2.c1scc2c1OCCO2. The summed E-state index contributed by atoms with van der Waals surface area (Å²) in [7, 11) is 0. The first-order valence-electron chi connectivity index (χ1n) is 6.00. The Morgan fingerprint density at radius 3 is 2.00 bits per heavy atom. The molecule has 0 radical (unpaired) electrons. The molecule has 0 aromatic carbocycles. The lowest BCUT2D eigenvalue weighted by Crippen LogP contribution is -2.14. The minimum atomic E-state index is 0.684. The number of hydrogen-bond donors (Lipinski definition) is 0. The van der Waals surface area contributed by atoms with E-state index >= 15 is 0 Å². The fourth-order valence-electron chi connectivity index (χ4n) is 1.78. The molecule has 0 atom stereocenters. The summed E-state index contributed by atoms with van der Waals surface area (Å²) in [6, 6.07) is 0. The molecule has 0 saturated carbocycles. The first kappa shape index (κ1) is 12.6. The van der Waals surface area contributed by atoms with Gasteiger partial charge in [-0.3, -0.25) is 0 Å². The average molecular weight is 298 g/mol. The molecule has 4 heterocycles. The largest absolute Gasteiger partial charge is 0.485 e. The summed E-state index contributed by atoms with van der Waals surface area (Å²) in [5.41, 5.74) is 0. The lowest BCUT2D eigenvalue weighted by molar-refractivity contribution is 0.172. The first-order chi connectivity index (χ1) is 9.34. The average Bonchev–Trinajstić information content (AvgIpc) is 3.07. The van der Waals surface area contributed by atoms with Crippen molar-refractivity contribution in [1.29, 1.82) is 0 Å². The Morgan fingerprint density at radius 2 is 1.37 bits per heavy atom. The van der Waals surface area contributed by atoms with Crippen molar-refractivity contribution >= 4 is 22.7 Å². The summed E-state index contributed by atoms with van der Waals surface area (Å²) >= 11 is 3.28. The summed E-state index contributed by atoms with van der Waals surface area (Å²) in [6.45, 7) is 4.78. The van der Waals surface area contributed by atoms with Crippen molar-refractivity contribution in [3.05, 3.63) is 21.0 Å². The number of ether oxygens (including phenoxy) is 4. The van der Waals surface area contributed by atoms with Crippen LogP contribution in [0.1, 0.15) is 4.88 Å². The van der Waals surface area contributed by atoms with Crippen LogP contribution in [0.15, 0.2) is 16.1 Å². The molecule has 2 aromatic rings. The molecule has 0 fully saturated rings. The predicted octanol–water partition coefficient (Wildman–Crippen LogP) is 3.35. The zero-order chi connectivity index (χ0) is 13.1. The van der Waals surface area contributed by atoms with E-state index in [2.05, 4.69) is 0 Å². The van der Waals surface area contributed by atoms with E-state index in [4.69, 9.17) is 18.9 Å². The maximum absolute atomic E-state index is 5.38. The quantitative estimate of drug-likeness (QED) is 0.747. The van der Waals surface area contributed by atoms with E-state index < -0.39 is 0 Å². The molecule has 6 heteroatoms. The third-order valence-electron chi connectivity index (χ3n) is 2.67. The molecule has 0 amide bonds. The van der Waals surface area contributed by atoms with Crippen molar-refractivity contribution in [3.63, 3.8) is 0 Å². The standard InChI is InChI=1S/C7H8O2S.C6H6O2S/c1-5-7-6(4-10-5)8-2-3-9-7;1-2-8-6-4-9-3-5(6)7-1/h4H,2-3H2,1H3;3-4H,1-2H2. The molecule has 2 aliphatic rings. The van der Waals surface area contributed by atoms with Gasteiger partial charge in [0.1, 0.15) is 26.4 Å². The van der Waals surface area contributed by atoms with Crippen LogP contribution < -0.4 is 18.9 Å². The van der Waals surface area contributed by atoms with Crippen LogP contribution in [0, 0.1) is 6.92 Å². The van der Waals surface area contributed by atoms with Crippen LogP contribution in [0.3, 0.4) is 0 Å². The monoisotopic (exact) mass is 298 g/mol. The Kier molecular flexibility index (Phi) is 3.79. The molecule has 0 aliphatic carbocycles. The van der Waals surface area contributed by atoms with Crippen molar-refractivity contribution in [1.82, 2.24) is 0 Å². The minimum absolute atomic E-state index is 0.684. The van der Waals surface area contributed by atoms with Crippen LogP contribution in [0.5, 0.6) is 23.0 Å².